The summed E-state index contributed by atoms with van der Waals surface area (Å²) in [7, 11) is -3.42. The minimum Gasteiger partial charge on any atom is -0.478 e. The summed E-state index contributed by atoms with van der Waals surface area (Å²) < 4.78 is 49.1. The molecule has 4 aliphatic rings. The van der Waals surface area contributed by atoms with E-state index in [1.54, 1.807) is 29.6 Å². The smallest absolute Gasteiger partial charge is 0.358 e. The van der Waals surface area contributed by atoms with E-state index in [1.165, 1.54) is 0 Å². The largest absolute Gasteiger partial charge is 0.478 e. The number of hydrogen-bond donors (Lipinski definition) is 1. The summed E-state index contributed by atoms with van der Waals surface area (Å²) in [6.45, 7) is 20.9. The monoisotopic (exact) mass is 886 g/mol. The standard InChI is InChI=1S/C48H66N4O8SSi/c1-33-39(36-16-17-40(50-41(36)43(55)60-44(2,3)4)35-15-14-34-12-11-13-37(42(53)54)38(34)24-35)25-49-52(33)32-47-27-45(5)26-46(6,28-47)30-48(29-45,31-47)59-21-19-51(18-20-58-7)61(56,57)22-23-62(8,9)10/h11-17,24-25H,18-23,26-32H2,1-10H3,(H,53,54). The van der Waals surface area contributed by atoms with Crippen LogP contribution in [0.5, 0.6) is 0 Å². The Bertz CT molecular complexity index is 2450. The van der Waals surface area contributed by atoms with E-state index < -0.39 is 35.6 Å². The van der Waals surface area contributed by atoms with E-state index in [4.69, 9.17) is 24.3 Å². The van der Waals surface area contributed by atoms with Gasteiger partial charge in [-0.1, -0.05) is 57.8 Å². The molecule has 0 spiro atoms. The molecule has 0 amide bonds. The van der Waals surface area contributed by atoms with Crippen LogP contribution in [0, 0.1) is 23.2 Å². The first kappa shape index (κ1) is 46.1. The number of carbonyl (C=O) groups excluding carboxylic acids is 1. The molecule has 12 nitrogen and oxygen atoms in total. The van der Waals surface area contributed by atoms with Crippen molar-refractivity contribution in [3.63, 3.8) is 0 Å². The Morgan fingerprint density at radius 1 is 0.919 bits per heavy atom. The number of pyridine rings is 1. The van der Waals surface area contributed by atoms with E-state index >= 15 is 0 Å². The van der Waals surface area contributed by atoms with Gasteiger partial charge in [0.2, 0.25) is 10.0 Å². The molecule has 2 atom stereocenters. The van der Waals surface area contributed by atoms with Gasteiger partial charge in [0.1, 0.15) is 5.60 Å². The minimum atomic E-state index is -3.46. The minimum absolute atomic E-state index is 0.0736. The van der Waals surface area contributed by atoms with E-state index in [-0.39, 0.29) is 38.9 Å². The summed E-state index contributed by atoms with van der Waals surface area (Å²) in [5, 5.41) is 16.3. The second kappa shape index (κ2) is 16.6. The summed E-state index contributed by atoms with van der Waals surface area (Å²) in [6, 6.07) is 15.2. The van der Waals surface area contributed by atoms with Crippen LogP contribution < -0.4 is 0 Å². The molecular weight excluding hydrogens is 821 g/mol. The number of aromatic carboxylic acids is 1. The zero-order chi connectivity index (χ0) is 45.1. The zero-order valence-corrected chi connectivity index (χ0v) is 40.2. The van der Waals surface area contributed by atoms with Crippen molar-refractivity contribution in [2.45, 2.75) is 123 Å². The van der Waals surface area contributed by atoms with Gasteiger partial charge in [0.25, 0.3) is 0 Å². The van der Waals surface area contributed by atoms with Crippen molar-refractivity contribution in [3.8, 4) is 22.4 Å². The Morgan fingerprint density at radius 2 is 1.61 bits per heavy atom. The van der Waals surface area contributed by atoms with E-state index in [0.29, 0.717) is 61.1 Å². The van der Waals surface area contributed by atoms with Gasteiger partial charge in [-0.3, -0.25) is 4.68 Å². The highest BCUT2D eigenvalue weighted by atomic mass is 32.2. The molecule has 4 aliphatic carbocycles. The van der Waals surface area contributed by atoms with Gasteiger partial charge in [0, 0.05) is 57.2 Å². The number of carbonyl (C=O) groups is 2. The van der Waals surface area contributed by atoms with Crippen LogP contribution in [0.25, 0.3) is 33.2 Å². The Morgan fingerprint density at radius 3 is 2.26 bits per heavy atom. The average molecular weight is 887 g/mol. The number of benzene rings is 2. The molecule has 8 rings (SSSR count). The van der Waals surface area contributed by atoms with E-state index in [2.05, 4.69) is 38.2 Å². The highest BCUT2D eigenvalue weighted by Gasteiger charge is 2.66. The van der Waals surface area contributed by atoms with Crippen LogP contribution in [0.4, 0.5) is 0 Å². The SMILES string of the molecule is COCCN(CCOC12CC3(C)CC(C)(CC(Cn4ncc(-c5ccc(-c6ccc7cccc(C(=O)O)c7c6)nc5C(=O)OC(C)(C)C)c4C)(C3)C1)C2)S(=O)(=O)CC[Si](C)(C)C. The fourth-order valence-corrected chi connectivity index (χ4v) is 16.2. The lowest BCUT2D eigenvalue weighted by molar-refractivity contribution is -0.248. The summed E-state index contributed by atoms with van der Waals surface area (Å²) in [6.07, 6.45) is 7.83. The van der Waals surface area contributed by atoms with Crippen LogP contribution in [-0.4, -0.2) is 103 Å². The van der Waals surface area contributed by atoms with Crippen LogP contribution in [0.15, 0.2) is 54.7 Å². The Balaban J connectivity index is 1.17. The highest BCUT2D eigenvalue weighted by molar-refractivity contribution is 7.89. The maximum atomic E-state index is 14.0. The van der Waals surface area contributed by atoms with Crippen LogP contribution >= 0.6 is 0 Å². The van der Waals surface area contributed by atoms with Gasteiger partial charge in [-0.2, -0.15) is 9.40 Å². The van der Waals surface area contributed by atoms with Gasteiger partial charge in [-0.05, 0) is 124 Å². The third-order valence-electron chi connectivity index (χ3n) is 13.2. The number of carboxylic acid groups (broad SMARTS) is 1. The van der Waals surface area contributed by atoms with Gasteiger partial charge in [0.05, 0.1) is 42.0 Å². The van der Waals surface area contributed by atoms with Crippen molar-refractivity contribution in [2.75, 3.05) is 39.2 Å². The highest BCUT2D eigenvalue weighted by Crippen LogP contribution is 2.72. The maximum absolute atomic E-state index is 14.0. The van der Waals surface area contributed by atoms with Gasteiger partial charge in [-0.25, -0.2) is 23.0 Å². The number of carboxylic acids is 1. The number of sulfonamides is 1. The molecule has 2 aromatic heterocycles. The van der Waals surface area contributed by atoms with Crippen LogP contribution in [0.1, 0.15) is 99.7 Å². The third-order valence-corrected chi connectivity index (χ3v) is 17.2. The van der Waals surface area contributed by atoms with Crippen molar-refractivity contribution in [1.82, 2.24) is 19.1 Å². The van der Waals surface area contributed by atoms with Gasteiger partial charge in [-0.15, -0.1) is 0 Å². The van der Waals surface area contributed by atoms with E-state index in [1.807, 2.05) is 64.2 Å². The summed E-state index contributed by atoms with van der Waals surface area (Å²) in [4.78, 5) is 31.0. The molecular formula is C48H66N4O8SSi. The fraction of sp³-hybridized carbons (Fsp3) is 0.583. The molecule has 4 saturated carbocycles. The number of fused-ring (bicyclic) bond motifs is 1. The Labute approximate surface area is 368 Å². The van der Waals surface area contributed by atoms with Crippen molar-refractivity contribution < 1.29 is 37.3 Å². The summed E-state index contributed by atoms with van der Waals surface area (Å²) in [5.74, 6) is -1.42. The molecule has 2 unspecified atom stereocenters. The van der Waals surface area contributed by atoms with Gasteiger partial charge >= 0.3 is 11.9 Å². The molecule has 0 aliphatic heterocycles. The van der Waals surface area contributed by atoms with E-state index in [0.717, 1.165) is 55.2 Å². The van der Waals surface area contributed by atoms with Crippen LogP contribution in [0.2, 0.25) is 25.7 Å². The number of rotatable bonds is 17. The predicted octanol–water partition coefficient (Wildman–Crippen LogP) is 9.48. The zero-order valence-electron chi connectivity index (χ0n) is 38.4. The lowest BCUT2D eigenvalue weighted by Gasteiger charge is -2.69. The first-order chi connectivity index (χ1) is 28.8. The molecule has 336 valence electrons. The molecule has 0 radical (unpaired) electrons. The lowest BCUT2D eigenvalue weighted by Crippen LogP contribution is -2.64. The number of aromatic nitrogens is 3. The van der Waals surface area contributed by atoms with Crippen molar-refractivity contribution in [3.05, 3.63) is 71.7 Å². The van der Waals surface area contributed by atoms with E-state index in [9.17, 15) is 23.1 Å². The number of nitrogens with zero attached hydrogens (tertiary/aromatic N) is 4. The molecule has 14 heteroatoms. The lowest BCUT2D eigenvalue weighted by atomic mass is 9.39. The summed E-state index contributed by atoms with van der Waals surface area (Å²) in [5.41, 5.74) is 2.80. The van der Waals surface area contributed by atoms with Crippen LogP contribution in [-0.2, 0) is 30.8 Å². The fourth-order valence-electron chi connectivity index (χ4n) is 11.8. The molecule has 2 heterocycles. The second-order valence-electron chi connectivity index (χ2n) is 21.7. The van der Waals surface area contributed by atoms with Gasteiger partial charge < -0.3 is 19.3 Å². The van der Waals surface area contributed by atoms with Crippen molar-refractivity contribution in [1.29, 1.82) is 0 Å². The molecule has 4 fully saturated rings. The predicted molar refractivity (Wildman–Crippen MR) is 246 cm³/mol. The summed E-state index contributed by atoms with van der Waals surface area (Å²) >= 11 is 0. The molecule has 0 saturated heterocycles. The molecule has 4 bridgehead atoms. The number of hydrogen-bond acceptors (Lipinski definition) is 9. The van der Waals surface area contributed by atoms with Crippen molar-refractivity contribution in [2.24, 2.45) is 16.2 Å². The maximum Gasteiger partial charge on any atom is 0.358 e. The quantitative estimate of drug-likeness (QED) is 0.0803. The van der Waals surface area contributed by atoms with Crippen LogP contribution in [0.3, 0.4) is 0 Å². The Kier molecular flexibility index (Phi) is 12.3. The third kappa shape index (κ3) is 9.89. The number of methoxy groups -OCH3 is 1. The van der Waals surface area contributed by atoms with Gasteiger partial charge in [0.15, 0.2) is 5.69 Å². The Hall–Kier alpha value is -3.95. The first-order valence-corrected chi connectivity index (χ1v) is 27.3. The molecule has 1 N–H and O–H groups in total. The molecule has 2 aromatic carbocycles. The number of ether oxygens (including phenoxy) is 3. The molecule has 62 heavy (non-hydrogen) atoms. The second-order valence-corrected chi connectivity index (χ2v) is 29.4. The average Bonchev–Trinajstić information content (AvgIpc) is 3.50. The number of esters is 1. The topological polar surface area (TPSA) is 150 Å². The normalized spacial score (nSPS) is 24.9. The first-order valence-electron chi connectivity index (χ1n) is 22.0. The molecule has 4 aromatic rings. The van der Waals surface area contributed by atoms with Crippen molar-refractivity contribution >= 4 is 40.8 Å².